The third kappa shape index (κ3) is 5.48. The van der Waals surface area contributed by atoms with E-state index in [1.54, 1.807) is 24.3 Å². The number of carboxylic acids is 2. The number of halogens is 1. The molecular weight excluding hydrogens is 381 g/mol. The summed E-state index contributed by atoms with van der Waals surface area (Å²) in [7, 11) is 0. The van der Waals surface area contributed by atoms with Gasteiger partial charge >= 0.3 is 11.9 Å². The maximum atomic E-state index is 13.0. The molecule has 1 aromatic heterocycles. The fourth-order valence-electron chi connectivity index (χ4n) is 2.38. The summed E-state index contributed by atoms with van der Waals surface area (Å²) >= 11 is 0. The number of rotatable bonds is 8. The van der Waals surface area contributed by atoms with Crippen molar-refractivity contribution < 1.29 is 28.9 Å². The van der Waals surface area contributed by atoms with Gasteiger partial charge in [-0.15, -0.1) is 0 Å². The maximum Gasteiger partial charge on any atom is 0.354 e. The number of anilines is 1. The summed E-state index contributed by atoms with van der Waals surface area (Å²) in [6, 6.07) is 13.4. The van der Waals surface area contributed by atoms with E-state index < -0.39 is 11.9 Å². The van der Waals surface area contributed by atoms with Gasteiger partial charge in [-0.25, -0.2) is 19.2 Å². The van der Waals surface area contributed by atoms with Gasteiger partial charge in [0.05, 0.1) is 6.42 Å². The normalized spacial score (nSPS) is 10.4. The SMILES string of the molecule is O=C(O)CCNc1cc(C(=O)O)nc(-c2ccc(Oc3ccc(F)cc3)cc2)n1. The van der Waals surface area contributed by atoms with Crippen LogP contribution in [-0.2, 0) is 4.79 Å². The van der Waals surface area contributed by atoms with Crippen LogP contribution in [0.1, 0.15) is 16.9 Å². The molecule has 3 rings (SSSR count). The van der Waals surface area contributed by atoms with Gasteiger partial charge in [-0.2, -0.15) is 0 Å². The molecule has 1 heterocycles. The first kappa shape index (κ1) is 19.7. The van der Waals surface area contributed by atoms with Crippen LogP contribution in [0.4, 0.5) is 10.2 Å². The standard InChI is InChI=1S/C20H16FN3O5/c21-13-3-7-15(8-4-13)29-14-5-1-12(2-6-14)19-23-16(20(27)28)11-17(24-19)22-10-9-18(25)26/h1-8,11H,9-10H2,(H,25,26)(H,27,28)(H,22,23,24). The summed E-state index contributed by atoms with van der Waals surface area (Å²) in [4.78, 5) is 30.2. The number of carbonyl (C=O) groups is 2. The van der Waals surface area contributed by atoms with Gasteiger partial charge in [0.15, 0.2) is 11.5 Å². The summed E-state index contributed by atoms with van der Waals surface area (Å²) < 4.78 is 18.6. The average Bonchev–Trinajstić information content (AvgIpc) is 2.70. The van der Waals surface area contributed by atoms with Gasteiger partial charge < -0.3 is 20.3 Å². The minimum Gasteiger partial charge on any atom is -0.481 e. The molecule has 0 aliphatic carbocycles. The fraction of sp³-hybridized carbons (Fsp3) is 0.100. The predicted octanol–water partition coefficient (Wildman–Crippen LogP) is 3.66. The first-order valence-electron chi connectivity index (χ1n) is 8.52. The van der Waals surface area contributed by atoms with Crippen LogP contribution in [0.15, 0.2) is 54.6 Å². The van der Waals surface area contributed by atoms with Crippen molar-refractivity contribution in [1.82, 2.24) is 9.97 Å². The molecule has 0 atom stereocenters. The zero-order chi connectivity index (χ0) is 20.8. The molecule has 0 aliphatic heterocycles. The first-order chi connectivity index (χ1) is 13.9. The van der Waals surface area contributed by atoms with E-state index in [0.717, 1.165) is 0 Å². The summed E-state index contributed by atoms with van der Waals surface area (Å²) in [5, 5.41) is 20.8. The van der Waals surface area contributed by atoms with Crippen molar-refractivity contribution in [2.45, 2.75) is 6.42 Å². The van der Waals surface area contributed by atoms with Crippen LogP contribution in [0.25, 0.3) is 11.4 Å². The number of nitrogens with zero attached hydrogens (tertiary/aromatic N) is 2. The van der Waals surface area contributed by atoms with E-state index in [-0.39, 0.29) is 36.1 Å². The summed E-state index contributed by atoms with van der Waals surface area (Å²) in [6.45, 7) is 0.0926. The Morgan fingerprint density at radius 3 is 2.17 bits per heavy atom. The Morgan fingerprint density at radius 2 is 1.59 bits per heavy atom. The topological polar surface area (TPSA) is 122 Å². The van der Waals surface area contributed by atoms with Crippen molar-refractivity contribution in [3.8, 4) is 22.9 Å². The number of carboxylic acid groups (broad SMARTS) is 2. The lowest BCUT2D eigenvalue weighted by atomic mass is 10.2. The van der Waals surface area contributed by atoms with Crippen LogP contribution in [0, 0.1) is 5.82 Å². The van der Waals surface area contributed by atoms with Gasteiger partial charge in [-0.05, 0) is 48.5 Å². The van der Waals surface area contributed by atoms with Crippen LogP contribution in [0.2, 0.25) is 0 Å². The molecule has 0 radical (unpaired) electrons. The first-order valence-corrected chi connectivity index (χ1v) is 8.52. The number of ether oxygens (including phenoxy) is 1. The van der Waals surface area contributed by atoms with Crippen LogP contribution >= 0.6 is 0 Å². The van der Waals surface area contributed by atoms with Crippen molar-refractivity contribution in [2.24, 2.45) is 0 Å². The van der Waals surface area contributed by atoms with Crippen LogP contribution < -0.4 is 10.1 Å². The number of hydrogen-bond donors (Lipinski definition) is 3. The predicted molar refractivity (Wildman–Crippen MR) is 102 cm³/mol. The highest BCUT2D eigenvalue weighted by atomic mass is 19.1. The van der Waals surface area contributed by atoms with Gasteiger partial charge in [0, 0.05) is 18.2 Å². The van der Waals surface area contributed by atoms with E-state index >= 15 is 0 Å². The van der Waals surface area contributed by atoms with E-state index in [9.17, 15) is 19.1 Å². The number of benzene rings is 2. The minimum atomic E-state index is -1.23. The summed E-state index contributed by atoms with van der Waals surface area (Å²) in [5.74, 6) is -1.25. The third-order valence-corrected chi connectivity index (χ3v) is 3.75. The highest BCUT2D eigenvalue weighted by Crippen LogP contribution is 2.25. The summed E-state index contributed by atoms with van der Waals surface area (Å²) in [5.41, 5.74) is 0.320. The Balaban J connectivity index is 1.80. The Hall–Kier alpha value is -4.01. The molecule has 3 N–H and O–H groups in total. The molecule has 2 aromatic carbocycles. The molecule has 148 valence electrons. The molecule has 0 amide bonds. The molecule has 0 saturated heterocycles. The zero-order valence-corrected chi connectivity index (χ0v) is 15.0. The molecule has 3 aromatic rings. The maximum absolute atomic E-state index is 13.0. The fourth-order valence-corrected chi connectivity index (χ4v) is 2.38. The minimum absolute atomic E-state index is 0.0926. The highest BCUT2D eigenvalue weighted by molar-refractivity contribution is 5.87. The molecule has 29 heavy (non-hydrogen) atoms. The van der Waals surface area contributed by atoms with Gasteiger partial charge in [-0.1, -0.05) is 0 Å². The van der Waals surface area contributed by atoms with Crippen LogP contribution in [0.3, 0.4) is 0 Å². The molecule has 9 heteroatoms. The van der Waals surface area contributed by atoms with E-state index in [4.69, 9.17) is 9.84 Å². The average molecular weight is 397 g/mol. The molecule has 0 saturated carbocycles. The zero-order valence-electron chi connectivity index (χ0n) is 15.0. The second-order valence-corrected chi connectivity index (χ2v) is 5.92. The molecule has 8 nitrogen and oxygen atoms in total. The van der Waals surface area contributed by atoms with E-state index in [2.05, 4.69) is 15.3 Å². The lowest BCUT2D eigenvalue weighted by Crippen LogP contribution is -2.11. The highest BCUT2D eigenvalue weighted by Gasteiger charge is 2.12. The van der Waals surface area contributed by atoms with Crippen molar-refractivity contribution in [3.63, 3.8) is 0 Å². The largest absolute Gasteiger partial charge is 0.481 e. The Labute approximate surface area is 164 Å². The van der Waals surface area contributed by atoms with E-state index in [1.165, 1.54) is 30.3 Å². The van der Waals surface area contributed by atoms with Crippen molar-refractivity contribution in [3.05, 3.63) is 66.1 Å². The number of aliphatic carboxylic acids is 1. The second kappa shape index (κ2) is 8.79. The molecule has 0 fully saturated rings. The van der Waals surface area contributed by atoms with Crippen molar-refractivity contribution in [1.29, 1.82) is 0 Å². The Bertz CT molecular complexity index is 1020. The Morgan fingerprint density at radius 1 is 0.966 bits per heavy atom. The quantitative estimate of drug-likeness (QED) is 0.526. The van der Waals surface area contributed by atoms with E-state index in [0.29, 0.717) is 17.1 Å². The number of aromatic carboxylic acids is 1. The van der Waals surface area contributed by atoms with Crippen LogP contribution in [0.5, 0.6) is 11.5 Å². The van der Waals surface area contributed by atoms with Gasteiger partial charge in [-0.3, -0.25) is 4.79 Å². The van der Waals surface area contributed by atoms with E-state index in [1.807, 2.05) is 0 Å². The molecule has 0 bridgehead atoms. The third-order valence-electron chi connectivity index (χ3n) is 3.75. The van der Waals surface area contributed by atoms with Gasteiger partial charge in [0.2, 0.25) is 0 Å². The molecular formula is C20H16FN3O5. The smallest absolute Gasteiger partial charge is 0.354 e. The molecule has 0 aliphatic rings. The van der Waals surface area contributed by atoms with Crippen molar-refractivity contribution in [2.75, 3.05) is 11.9 Å². The van der Waals surface area contributed by atoms with Gasteiger partial charge in [0.25, 0.3) is 0 Å². The van der Waals surface area contributed by atoms with Crippen LogP contribution in [-0.4, -0.2) is 38.7 Å². The lowest BCUT2D eigenvalue weighted by molar-refractivity contribution is -0.136. The number of nitrogens with one attached hydrogen (secondary N) is 1. The van der Waals surface area contributed by atoms with Crippen molar-refractivity contribution >= 4 is 17.8 Å². The Kier molecular flexibility index (Phi) is 5.98. The number of aromatic nitrogens is 2. The monoisotopic (exact) mass is 397 g/mol. The number of hydrogen-bond acceptors (Lipinski definition) is 6. The molecule has 0 spiro atoms. The second-order valence-electron chi connectivity index (χ2n) is 5.92. The van der Waals surface area contributed by atoms with Gasteiger partial charge in [0.1, 0.15) is 23.1 Å². The summed E-state index contributed by atoms with van der Waals surface area (Å²) in [6.07, 6.45) is -0.142. The molecule has 0 unspecified atom stereocenters. The lowest BCUT2D eigenvalue weighted by Gasteiger charge is -2.09.